The van der Waals surface area contributed by atoms with E-state index in [4.69, 9.17) is 11.6 Å². The summed E-state index contributed by atoms with van der Waals surface area (Å²) in [6.07, 6.45) is 3.39. The first-order valence-electron chi connectivity index (χ1n) is 12.0. The zero-order chi connectivity index (χ0) is 24.9. The van der Waals surface area contributed by atoms with Crippen LogP contribution >= 0.6 is 11.6 Å². The van der Waals surface area contributed by atoms with Gasteiger partial charge in [-0.15, -0.1) is 0 Å². The van der Waals surface area contributed by atoms with Gasteiger partial charge in [-0.1, -0.05) is 23.7 Å². The first-order valence-corrected chi connectivity index (χ1v) is 12.4. The molecule has 2 aliphatic heterocycles. The number of halogens is 2. The van der Waals surface area contributed by atoms with Crippen LogP contribution in [0.4, 0.5) is 4.39 Å². The third kappa shape index (κ3) is 6.48. The van der Waals surface area contributed by atoms with Gasteiger partial charge >= 0.3 is 0 Å². The summed E-state index contributed by atoms with van der Waals surface area (Å²) in [5.41, 5.74) is 1.81. The van der Waals surface area contributed by atoms with Crippen LogP contribution in [0.3, 0.4) is 0 Å². The van der Waals surface area contributed by atoms with Gasteiger partial charge in [0.2, 0.25) is 0 Å². The van der Waals surface area contributed by atoms with Gasteiger partial charge in [0.15, 0.2) is 5.78 Å². The minimum atomic E-state index is -0.226. The standard InChI is InChI=1S/C27H32ClFN4O2/c1-20-18-31(19-21-3-6-23(29)7-4-21)13-16-32(20)10-9-26(34)24-8-5-22(28)17-25(24)27(35)33-14-11-30(2)12-15-33/h3-10,17,20H,11-16,18-19H2,1-2H3/b10-9+. The molecule has 6 nitrogen and oxygen atoms in total. The lowest BCUT2D eigenvalue weighted by molar-refractivity contribution is 0.0661. The smallest absolute Gasteiger partial charge is 0.254 e. The lowest BCUT2D eigenvalue weighted by Crippen LogP contribution is -2.49. The number of rotatable bonds is 6. The molecule has 2 fully saturated rings. The van der Waals surface area contributed by atoms with Crippen molar-refractivity contribution in [2.24, 2.45) is 0 Å². The van der Waals surface area contributed by atoms with Crippen molar-refractivity contribution in [1.82, 2.24) is 19.6 Å². The number of hydrogen-bond acceptors (Lipinski definition) is 5. The zero-order valence-electron chi connectivity index (χ0n) is 20.3. The zero-order valence-corrected chi connectivity index (χ0v) is 21.0. The number of benzene rings is 2. The molecule has 2 aliphatic rings. The van der Waals surface area contributed by atoms with E-state index in [-0.39, 0.29) is 23.5 Å². The van der Waals surface area contributed by atoms with Gasteiger partial charge in [0.1, 0.15) is 5.82 Å². The van der Waals surface area contributed by atoms with Crippen molar-refractivity contribution in [3.63, 3.8) is 0 Å². The summed E-state index contributed by atoms with van der Waals surface area (Å²) < 4.78 is 13.2. The number of amides is 1. The van der Waals surface area contributed by atoms with E-state index in [1.807, 2.05) is 25.4 Å². The first-order chi connectivity index (χ1) is 16.8. The van der Waals surface area contributed by atoms with E-state index in [2.05, 4.69) is 21.6 Å². The molecule has 0 aromatic heterocycles. The number of carbonyl (C=O) groups is 2. The average Bonchev–Trinajstić information content (AvgIpc) is 2.85. The second kappa shape index (κ2) is 11.3. The van der Waals surface area contributed by atoms with E-state index in [9.17, 15) is 14.0 Å². The highest BCUT2D eigenvalue weighted by Gasteiger charge is 2.25. The molecular formula is C27H32ClFN4O2. The lowest BCUT2D eigenvalue weighted by atomic mass is 10.0. The molecule has 8 heteroatoms. The molecule has 0 N–H and O–H groups in total. The van der Waals surface area contributed by atoms with E-state index in [1.54, 1.807) is 29.2 Å². The first kappa shape index (κ1) is 25.4. The van der Waals surface area contributed by atoms with Crippen molar-refractivity contribution < 1.29 is 14.0 Å². The second-order valence-corrected chi connectivity index (χ2v) is 9.85. The molecule has 1 atom stereocenters. The Balaban J connectivity index is 1.39. The van der Waals surface area contributed by atoms with E-state index in [1.165, 1.54) is 12.1 Å². The highest BCUT2D eigenvalue weighted by molar-refractivity contribution is 6.31. The van der Waals surface area contributed by atoms with Gasteiger partial charge in [-0.3, -0.25) is 14.5 Å². The SMILES string of the molecule is CC1CN(Cc2ccc(F)cc2)CCN1/C=C/C(=O)c1ccc(Cl)cc1C(=O)N1CCN(C)CC1. The van der Waals surface area contributed by atoms with Crippen LogP contribution in [-0.2, 0) is 6.54 Å². The predicted octanol–water partition coefficient (Wildman–Crippen LogP) is 3.77. The molecule has 2 aromatic rings. The Kier molecular flexibility index (Phi) is 8.21. The molecule has 2 heterocycles. The lowest BCUT2D eigenvalue weighted by Gasteiger charge is -2.39. The predicted molar refractivity (Wildman–Crippen MR) is 136 cm³/mol. The highest BCUT2D eigenvalue weighted by Crippen LogP contribution is 2.21. The van der Waals surface area contributed by atoms with E-state index in [0.717, 1.165) is 44.8 Å². The third-order valence-electron chi connectivity index (χ3n) is 6.77. The van der Waals surface area contributed by atoms with Crippen LogP contribution in [0, 0.1) is 5.82 Å². The van der Waals surface area contributed by atoms with Crippen LogP contribution in [0.15, 0.2) is 54.7 Å². The second-order valence-electron chi connectivity index (χ2n) is 9.41. The van der Waals surface area contributed by atoms with Crippen LogP contribution in [-0.4, -0.2) is 90.2 Å². The van der Waals surface area contributed by atoms with Gasteiger partial charge in [-0.25, -0.2) is 4.39 Å². The van der Waals surface area contributed by atoms with E-state index in [0.29, 0.717) is 29.2 Å². The third-order valence-corrected chi connectivity index (χ3v) is 7.00. The fourth-order valence-corrected chi connectivity index (χ4v) is 4.77. The van der Waals surface area contributed by atoms with Crippen LogP contribution in [0.2, 0.25) is 5.02 Å². The maximum Gasteiger partial charge on any atom is 0.254 e. The van der Waals surface area contributed by atoms with Gasteiger partial charge in [-0.05, 0) is 49.9 Å². The molecule has 186 valence electrons. The summed E-state index contributed by atoms with van der Waals surface area (Å²) in [4.78, 5) is 34.7. The number of carbonyl (C=O) groups excluding carboxylic acids is 2. The van der Waals surface area contributed by atoms with Gasteiger partial charge < -0.3 is 14.7 Å². The largest absolute Gasteiger partial charge is 0.372 e. The summed E-state index contributed by atoms with van der Waals surface area (Å²) in [5, 5.41) is 0.439. The summed E-state index contributed by atoms with van der Waals surface area (Å²) in [6, 6.07) is 11.7. The number of likely N-dealkylation sites (N-methyl/N-ethyl adjacent to an activating group) is 1. The summed E-state index contributed by atoms with van der Waals surface area (Å²) >= 11 is 6.19. The molecule has 0 spiro atoms. The van der Waals surface area contributed by atoms with Crippen molar-refractivity contribution >= 4 is 23.3 Å². The number of piperazine rings is 2. The van der Waals surface area contributed by atoms with Crippen molar-refractivity contribution in [3.8, 4) is 0 Å². The fourth-order valence-electron chi connectivity index (χ4n) is 4.60. The molecule has 1 unspecified atom stereocenters. The van der Waals surface area contributed by atoms with Crippen molar-refractivity contribution in [2.45, 2.75) is 19.5 Å². The van der Waals surface area contributed by atoms with Crippen LogP contribution in [0.1, 0.15) is 33.2 Å². The summed E-state index contributed by atoms with van der Waals surface area (Å²) in [7, 11) is 2.03. The van der Waals surface area contributed by atoms with Crippen LogP contribution < -0.4 is 0 Å². The molecule has 0 bridgehead atoms. The van der Waals surface area contributed by atoms with Crippen molar-refractivity contribution in [1.29, 1.82) is 0 Å². The fraction of sp³-hybridized carbons (Fsp3) is 0.407. The van der Waals surface area contributed by atoms with Crippen molar-refractivity contribution in [2.75, 3.05) is 52.9 Å². The molecule has 0 aliphatic carbocycles. The number of ketones is 1. The number of nitrogens with zero attached hydrogens (tertiary/aromatic N) is 4. The number of hydrogen-bond donors (Lipinski definition) is 0. The molecule has 35 heavy (non-hydrogen) atoms. The van der Waals surface area contributed by atoms with Crippen LogP contribution in [0.25, 0.3) is 0 Å². The monoisotopic (exact) mass is 498 g/mol. The Bertz CT molecular complexity index is 1080. The normalized spacial score (nSPS) is 19.9. The van der Waals surface area contributed by atoms with E-state index >= 15 is 0 Å². The van der Waals surface area contributed by atoms with Crippen molar-refractivity contribution in [3.05, 3.63) is 82.3 Å². The maximum atomic E-state index is 13.2. The Morgan fingerprint density at radius 1 is 1.00 bits per heavy atom. The Hall–Kier alpha value is -2.74. The quantitative estimate of drug-likeness (QED) is 0.448. The van der Waals surface area contributed by atoms with Crippen LogP contribution in [0.5, 0.6) is 0 Å². The molecule has 0 radical (unpaired) electrons. The molecule has 2 aromatic carbocycles. The van der Waals surface area contributed by atoms with E-state index < -0.39 is 0 Å². The average molecular weight is 499 g/mol. The summed E-state index contributed by atoms with van der Waals surface area (Å²) in [6.45, 7) is 8.22. The van der Waals surface area contributed by atoms with Gasteiger partial charge in [0.05, 0.1) is 5.56 Å². The summed E-state index contributed by atoms with van der Waals surface area (Å²) in [5.74, 6) is -0.587. The topological polar surface area (TPSA) is 47.1 Å². The van der Waals surface area contributed by atoms with Gasteiger partial charge in [0, 0.05) is 81.3 Å². The molecule has 1 amide bonds. The Labute approximate surface area is 211 Å². The Morgan fingerprint density at radius 3 is 2.40 bits per heavy atom. The maximum absolute atomic E-state index is 13.2. The highest BCUT2D eigenvalue weighted by atomic mass is 35.5. The number of allylic oxidation sites excluding steroid dienone is 1. The van der Waals surface area contributed by atoms with Gasteiger partial charge in [-0.2, -0.15) is 0 Å². The van der Waals surface area contributed by atoms with Gasteiger partial charge in [0.25, 0.3) is 5.91 Å². The molecule has 2 saturated heterocycles. The molecular weight excluding hydrogens is 467 g/mol. The minimum Gasteiger partial charge on any atom is -0.372 e. The molecule has 4 rings (SSSR count). The molecule has 0 saturated carbocycles. The Morgan fingerprint density at radius 2 is 1.71 bits per heavy atom. The minimum absolute atomic E-state index is 0.153.